The average molecular weight is 266 g/mol. The first kappa shape index (κ1) is 12.4. The van der Waals surface area contributed by atoms with Crippen molar-refractivity contribution in [1.82, 2.24) is 9.55 Å². The van der Waals surface area contributed by atoms with E-state index in [2.05, 4.69) is 4.98 Å². The summed E-state index contributed by atoms with van der Waals surface area (Å²) in [6, 6.07) is 11.6. The Morgan fingerprint density at radius 3 is 2.85 bits per heavy atom. The third kappa shape index (κ3) is 2.16. The number of aromatic nitrogens is 2. The highest BCUT2D eigenvalue weighted by atomic mass is 16.5. The maximum absolute atomic E-state index is 11.4. The van der Waals surface area contributed by atoms with Gasteiger partial charge in [-0.2, -0.15) is 0 Å². The molecular formula is C16H14N2O2. The van der Waals surface area contributed by atoms with Crippen LogP contribution in [0, 0.1) is 0 Å². The van der Waals surface area contributed by atoms with Crippen LogP contribution in [0.2, 0.25) is 0 Å². The predicted molar refractivity (Wildman–Crippen MR) is 76.9 cm³/mol. The molecule has 0 aliphatic rings. The number of aryl methyl sites for hydroxylation is 1. The molecule has 0 bridgehead atoms. The van der Waals surface area contributed by atoms with Gasteiger partial charge in [-0.1, -0.05) is 30.3 Å². The third-order valence-electron chi connectivity index (χ3n) is 3.34. The van der Waals surface area contributed by atoms with Gasteiger partial charge in [-0.15, -0.1) is 0 Å². The largest absolute Gasteiger partial charge is 0.487 e. The van der Waals surface area contributed by atoms with Crippen LogP contribution in [-0.4, -0.2) is 15.8 Å². The van der Waals surface area contributed by atoms with E-state index in [-0.39, 0.29) is 0 Å². The van der Waals surface area contributed by atoms with E-state index < -0.39 is 0 Å². The number of rotatable bonds is 4. The van der Waals surface area contributed by atoms with Crippen LogP contribution in [-0.2, 0) is 13.7 Å². The molecule has 0 unspecified atom stereocenters. The standard InChI is InChI=1S/C16H14N2O2/c1-18-11-17-8-13(18)10-20-16-7-6-12-4-2-3-5-14(12)15(16)9-19/h2-9,11H,10H2,1H3. The molecule has 4 heteroatoms. The van der Waals surface area contributed by atoms with Crippen LogP contribution in [0.4, 0.5) is 0 Å². The first-order valence-corrected chi connectivity index (χ1v) is 6.34. The minimum Gasteiger partial charge on any atom is -0.487 e. The average Bonchev–Trinajstić information content (AvgIpc) is 2.89. The first-order chi connectivity index (χ1) is 9.79. The van der Waals surface area contributed by atoms with Crippen molar-refractivity contribution < 1.29 is 9.53 Å². The van der Waals surface area contributed by atoms with E-state index in [1.165, 1.54) is 0 Å². The Hall–Kier alpha value is -2.62. The zero-order valence-corrected chi connectivity index (χ0v) is 11.1. The molecule has 2 aromatic carbocycles. The Morgan fingerprint density at radius 1 is 1.25 bits per heavy atom. The quantitative estimate of drug-likeness (QED) is 0.682. The highest BCUT2D eigenvalue weighted by Crippen LogP contribution is 2.27. The topological polar surface area (TPSA) is 44.1 Å². The summed E-state index contributed by atoms with van der Waals surface area (Å²) in [6.45, 7) is 0.385. The molecule has 0 saturated carbocycles. The van der Waals surface area contributed by atoms with Crippen molar-refractivity contribution in [2.45, 2.75) is 6.61 Å². The molecule has 100 valence electrons. The number of hydrogen-bond donors (Lipinski definition) is 0. The van der Waals surface area contributed by atoms with Gasteiger partial charge >= 0.3 is 0 Å². The predicted octanol–water partition coefficient (Wildman–Crippen LogP) is 2.96. The number of carbonyl (C=O) groups excluding carboxylic acids is 1. The molecule has 3 rings (SSSR count). The van der Waals surface area contributed by atoms with E-state index in [4.69, 9.17) is 4.74 Å². The van der Waals surface area contributed by atoms with Crippen LogP contribution >= 0.6 is 0 Å². The molecule has 0 amide bonds. The minimum absolute atomic E-state index is 0.385. The fraction of sp³-hybridized carbons (Fsp3) is 0.125. The Morgan fingerprint density at radius 2 is 2.10 bits per heavy atom. The van der Waals surface area contributed by atoms with Gasteiger partial charge in [0, 0.05) is 7.05 Å². The second-order valence-corrected chi connectivity index (χ2v) is 4.60. The van der Waals surface area contributed by atoms with Gasteiger partial charge in [0.25, 0.3) is 0 Å². The van der Waals surface area contributed by atoms with Crippen molar-refractivity contribution in [3.05, 3.63) is 60.2 Å². The highest BCUT2D eigenvalue weighted by Gasteiger charge is 2.09. The van der Waals surface area contributed by atoms with Gasteiger partial charge in [-0.05, 0) is 16.8 Å². The molecule has 3 aromatic rings. The van der Waals surface area contributed by atoms with E-state index in [9.17, 15) is 4.79 Å². The van der Waals surface area contributed by atoms with Crippen molar-refractivity contribution in [3.8, 4) is 5.75 Å². The van der Waals surface area contributed by atoms with Crippen molar-refractivity contribution in [1.29, 1.82) is 0 Å². The van der Waals surface area contributed by atoms with E-state index in [0.29, 0.717) is 17.9 Å². The molecule has 0 N–H and O–H groups in total. The van der Waals surface area contributed by atoms with Crippen LogP contribution < -0.4 is 4.74 Å². The lowest BCUT2D eigenvalue weighted by atomic mass is 10.0. The van der Waals surface area contributed by atoms with Crippen LogP contribution in [0.3, 0.4) is 0 Å². The Labute approximate surface area is 116 Å². The SMILES string of the molecule is Cn1cncc1COc1ccc2ccccc2c1C=O. The molecule has 1 aromatic heterocycles. The zero-order chi connectivity index (χ0) is 13.9. The zero-order valence-electron chi connectivity index (χ0n) is 11.1. The molecule has 0 aliphatic carbocycles. The number of imidazole rings is 1. The van der Waals surface area contributed by atoms with Crippen molar-refractivity contribution in [2.24, 2.45) is 7.05 Å². The number of aldehydes is 1. The van der Waals surface area contributed by atoms with Crippen LogP contribution in [0.5, 0.6) is 5.75 Å². The maximum Gasteiger partial charge on any atom is 0.154 e. The molecule has 0 saturated heterocycles. The highest BCUT2D eigenvalue weighted by molar-refractivity contribution is 6.00. The summed E-state index contributed by atoms with van der Waals surface area (Å²) in [5.74, 6) is 0.597. The molecular weight excluding hydrogens is 252 g/mol. The lowest BCUT2D eigenvalue weighted by molar-refractivity contribution is 0.112. The summed E-state index contributed by atoms with van der Waals surface area (Å²) >= 11 is 0. The molecule has 0 atom stereocenters. The Balaban J connectivity index is 1.95. The minimum atomic E-state index is 0.385. The molecule has 0 radical (unpaired) electrons. The summed E-state index contributed by atoms with van der Waals surface area (Å²) < 4.78 is 7.66. The molecule has 0 fully saturated rings. The van der Waals surface area contributed by atoms with Gasteiger partial charge in [0.1, 0.15) is 12.4 Å². The summed E-state index contributed by atoms with van der Waals surface area (Å²) in [6.07, 6.45) is 4.32. The van der Waals surface area contributed by atoms with Crippen molar-refractivity contribution in [2.75, 3.05) is 0 Å². The number of ether oxygens (including phenoxy) is 1. The van der Waals surface area contributed by atoms with E-state index in [0.717, 1.165) is 22.8 Å². The van der Waals surface area contributed by atoms with Gasteiger partial charge in [0.15, 0.2) is 6.29 Å². The fourth-order valence-corrected chi connectivity index (χ4v) is 2.20. The summed E-state index contributed by atoms with van der Waals surface area (Å²) in [4.78, 5) is 15.4. The van der Waals surface area contributed by atoms with Crippen LogP contribution in [0.1, 0.15) is 16.1 Å². The molecule has 4 nitrogen and oxygen atoms in total. The van der Waals surface area contributed by atoms with Crippen molar-refractivity contribution >= 4 is 17.1 Å². The van der Waals surface area contributed by atoms with Crippen LogP contribution in [0.25, 0.3) is 10.8 Å². The van der Waals surface area contributed by atoms with Crippen LogP contribution in [0.15, 0.2) is 48.9 Å². The molecule has 20 heavy (non-hydrogen) atoms. The van der Waals surface area contributed by atoms with Gasteiger partial charge < -0.3 is 9.30 Å². The first-order valence-electron chi connectivity index (χ1n) is 6.34. The number of hydrogen-bond acceptors (Lipinski definition) is 3. The van der Waals surface area contributed by atoms with E-state index in [1.807, 2.05) is 48.0 Å². The van der Waals surface area contributed by atoms with E-state index >= 15 is 0 Å². The second kappa shape index (κ2) is 5.17. The second-order valence-electron chi connectivity index (χ2n) is 4.60. The number of carbonyl (C=O) groups is 1. The smallest absolute Gasteiger partial charge is 0.154 e. The summed E-state index contributed by atoms with van der Waals surface area (Å²) in [7, 11) is 1.91. The number of fused-ring (bicyclic) bond motifs is 1. The van der Waals surface area contributed by atoms with Gasteiger partial charge in [-0.25, -0.2) is 4.98 Å². The summed E-state index contributed by atoms with van der Waals surface area (Å²) in [5, 5.41) is 1.94. The Bertz CT molecular complexity index is 762. The fourth-order valence-electron chi connectivity index (χ4n) is 2.20. The summed E-state index contributed by atoms with van der Waals surface area (Å²) in [5.41, 5.74) is 1.54. The van der Waals surface area contributed by atoms with Gasteiger partial charge in [-0.3, -0.25) is 4.79 Å². The molecule has 0 aliphatic heterocycles. The molecule has 1 heterocycles. The van der Waals surface area contributed by atoms with E-state index in [1.54, 1.807) is 12.5 Å². The lowest BCUT2D eigenvalue weighted by Crippen LogP contribution is -2.03. The monoisotopic (exact) mass is 266 g/mol. The van der Waals surface area contributed by atoms with Gasteiger partial charge in [0.2, 0.25) is 0 Å². The normalized spacial score (nSPS) is 10.7. The number of nitrogens with zero attached hydrogens (tertiary/aromatic N) is 2. The Kier molecular flexibility index (Phi) is 3.21. The number of benzene rings is 2. The lowest BCUT2D eigenvalue weighted by Gasteiger charge is -2.10. The third-order valence-corrected chi connectivity index (χ3v) is 3.34. The van der Waals surface area contributed by atoms with Crippen molar-refractivity contribution in [3.63, 3.8) is 0 Å². The molecule has 0 spiro atoms. The maximum atomic E-state index is 11.4. The van der Waals surface area contributed by atoms with Gasteiger partial charge in [0.05, 0.1) is 23.8 Å².